The maximum absolute atomic E-state index is 2.82. The van der Waals surface area contributed by atoms with Gasteiger partial charge in [-0.15, -0.1) is 0 Å². The van der Waals surface area contributed by atoms with Crippen molar-refractivity contribution < 1.29 is 0 Å². The lowest BCUT2D eigenvalue weighted by Crippen LogP contribution is -2.51. The van der Waals surface area contributed by atoms with E-state index in [1.165, 1.54) is 64.7 Å². The van der Waals surface area contributed by atoms with Gasteiger partial charge in [0.2, 0.25) is 0 Å². The number of rotatable bonds is 2. The van der Waals surface area contributed by atoms with Crippen molar-refractivity contribution >= 4 is 0 Å². The number of fused-ring (bicyclic) bond motifs is 1. The summed E-state index contributed by atoms with van der Waals surface area (Å²) in [6.07, 6.45) is 8.65. The SMILES string of the molecule is CC(C)(C1CC1)N1CCCN2CCCCC2C1. The van der Waals surface area contributed by atoms with Crippen molar-refractivity contribution in [2.45, 2.75) is 64.0 Å². The molecule has 1 aliphatic carbocycles. The van der Waals surface area contributed by atoms with E-state index in [-0.39, 0.29) is 0 Å². The van der Waals surface area contributed by atoms with Gasteiger partial charge in [-0.25, -0.2) is 0 Å². The van der Waals surface area contributed by atoms with Gasteiger partial charge in [0.1, 0.15) is 0 Å². The maximum Gasteiger partial charge on any atom is 0.0223 e. The average Bonchev–Trinajstić information content (AvgIpc) is 3.15. The Labute approximate surface area is 106 Å². The van der Waals surface area contributed by atoms with Crippen molar-refractivity contribution in [1.29, 1.82) is 0 Å². The molecule has 3 aliphatic rings. The summed E-state index contributed by atoms with van der Waals surface area (Å²) in [5.74, 6) is 0.984. The molecule has 1 saturated carbocycles. The van der Waals surface area contributed by atoms with Gasteiger partial charge in [-0.2, -0.15) is 0 Å². The van der Waals surface area contributed by atoms with Gasteiger partial charge in [0, 0.05) is 18.1 Å². The van der Waals surface area contributed by atoms with Crippen LogP contribution in [0.15, 0.2) is 0 Å². The van der Waals surface area contributed by atoms with Gasteiger partial charge in [-0.05, 0) is 71.5 Å². The van der Waals surface area contributed by atoms with Crippen LogP contribution < -0.4 is 0 Å². The topological polar surface area (TPSA) is 6.48 Å². The second kappa shape index (κ2) is 4.55. The average molecular weight is 236 g/mol. The summed E-state index contributed by atoms with van der Waals surface area (Å²) in [5, 5.41) is 0. The lowest BCUT2D eigenvalue weighted by atomic mass is 9.94. The number of nitrogens with zero attached hydrogens (tertiary/aromatic N) is 2. The van der Waals surface area contributed by atoms with Gasteiger partial charge in [0.05, 0.1) is 0 Å². The van der Waals surface area contributed by atoms with Crippen LogP contribution in [-0.4, -0.2) is 47.6 Å². The van der Waals surface area contributed by atoms with E-state index in [2.05, 4.69) is 23.6 Å². The number of hydrogen-bond donors (Lipinski definition) is 0. The van der Waals surface area contributed by atoms with Crippen molar-refractivity contribution in [3.05, 3.63) is 0 Å². The summed E-state index contributed by atoms with van der Waals surface area (Å²) < 4.78 is 0. The van der Waals surface area contributed by atoms with Gasteiger partial charge in [0.15, 0.2) is 0 Å². The quantitative estimate of drug-likeness (QED) is 0.727. The molecular weight excluding hydrogens is 208 g/mol. The van der Waals surface area contributed by atoms with E-state index in [0.29, 0.717) is 5.54 Å². The molecule has 3 rings (SSSR count). The molecule has 0 spiro atoms. The Balaban J connectivity index is 1.69. The largest absolute Gasteiger partial charge is 0.299 e. The number of hydrogen-bond acceptors (Lipinski definition) is 2. The van der Waals surface area contributed by atoms with Crippen LogP contribution in [0, 0.1) is 5.92 Å². The highest BCUT2D eigenvalue weighted by atomic mass is 15.3. The third-order valence-electron chi connectivity index (χ3n) is 5.45. The molecule has 98 valence electrons. The third-order valence-corrected chi connectivity index (χ3v) is 5.45. The van der Waals surface area contributed by atoms with Crippen molar-refractivity contribution in [3.8, 4) is 0 Å². The molecule has 3 fully saturated rings. The molecule has 0 amide bonds. The predicted molar refractivity (Wildman–Crippen MR) is 72.2 cm³/mol. The Hall–Kier alpha value is -0.0800. The minimum Gasteiger partial charge on any atom is -0.299 e. The molecule has 0 radical (unpaired) electrons. The molecule has 0 N–H and O–H groups in total. The van der Waals surface area contributed by atoms with Gasteiger partial charge in [0.25, 0.3) is 0 Å². The zero-order chi connectivity index (χ0) is 11.9. The summed E-state index contributed by atoms with van der Waals surface area (Å²) in [7, 11) is 0. The van der Waals surface area contributed by atoms with Gasteiger partial charge in [-0.3, -0.25) is 9.80 Å². The molecule has 0 aromatic heterocycles. The number of piperidine rings is 1. The Morgan fingerprint density at radius 3 is 2.41 bits per heavy atom. The molecule has 2 heterocycles. The van der Waals surface area contributed by atoms with Gasteiger partial charge < -0.3 is 0 Å². The zero-order valence-electron chi connectivity index (χ0n) is 11.6. The maximum atomic E-state index is 2.82. The van der Waals surface area contributed by atoms with Gasteiger partial charge in [-0.1, -0.05) is 6.42 Å². The van der Waals surface area contributed by atoms with Crippen molar-refractivity contribution in [1.82, 2.24) is 9.80 Å². The van der Waals surface area contributed by atoms with Crippen molar-refractivity contribution in [3.63, 3.8) is 0 Å². The molecule has 2 aliphatic heterocycles. The van der Waals surface area contributed by atoms with Crippen LogP contribution in [0.4, 0.5) is 0 Å². The van der Waals surface area contributed by atoms with Crippen molar-refractivity contribution in [2.75, 3.05) is 26.2 Å². The Bertz CT molecular complexity index is 270. The zero-order valence-corrected chi connectivity index (χ0v) is 11.6. The second-order valence-electron chi connectivity index (χ2n) is 6.91. The monoisotopic (exact) mass is 236 g/mol. The van der Waals surface area contributed by atoms with E-state index >= 15 is 0 Å². The van der Waals surface area contributed by atoms with Crippen molar-refractivity contribution in [2.24, 2.45) is 5.92 Å². The molecule has 2 heteroatoms. The summed E-state index contributed by atoms with van der Waals surface area (Å²) in [6.45, 7) is 10.4. The standard InChI is InChI=1S/C15H28N2/c1-15(2,13-7-8-13)17-11-5-10-16-9-4-3-6-14(16)12-17/h13-14H,3-12H2,1-2H3. The first-order valence-electron chi connectivity index (χ1n) is 7.67. The second-order valence-corrected chi connectivity index (χ2v) is 6.91. The minimum absolute atomic E-state index is 0.466. The molecule has 0 aromatic rings. The van der Waals surface area contributed by atoms with Crippen LogP contribution in [0.25, 0.3) is 0 Å². The molecule has 1 unspecified atom stereocenters. The Morgan fingerprint density at radius 2 is 1.65 bits per heavy atom. The van der Waals surface area contributed by atoms with Crippen LogP contribution in [-0.2, 0) is 0 Å². The first-order valence-corrected chi connectivity index (χ1v) is 7.67. The normalized spacial score (nSPS) is 33.2. The molecule has 0 aromatic carbocycles. The predicted octanol–water partition coefficient (Wildman–Crippen LogP) is 2.74. The smallest absolute Gasteiger partial charge is 0.0223 e. The van der Waals surface area contributed by atoms with E-state index < -0.39 is 0 Å². The van der Waals surface area contributed by atoms with Crippen LogP contribution in [0.3, 0.4) is 0 Å². The van der Waals surface area contributed by atoms with Crippen LogP contribution >= 0.6 is 0 Å². The molecule has 17 heavy (non-hydrogen) atoms. The fraction of sp³-hybridized carbons (Fsp3) is 1.00. The summed E-state index contributed by atoms with van der Waals surface area (Å²) in [4.78, 5) is 5.59. The van der Waals surface area contributed by atoms with Crippen LogP contribution in [0.1, 0.15) is 52.4 Å². The first-order chi connectivity index (χ1) is 8.18. The first kappa shape index (κ1) is 12.0. The molecule has 0 bridgehead atoms. The molecular formula is C15H28N2. The minimum atomic E-state index is 0.466. The lowest BCUT2D eigenvalue weighted by Gasteiger charge is -2.42. The van der Waals surface area contributed by atoms with Crippen LogP contribution in [0.5, 0.6) is 0 Å². The highest BCUT2D eigenvalue weighted by molar-refractivity contribution is 4.98. The van der Waals surface area contributed by atoms with E-state index in [9.17, 15) is 0 Å². The Morgan fingerprint density at radius 1 is 0.882 bits per heavy atom. The highest BCUT2D eigenvalue weighted by Gasteiger charge is 2.43. The van der Waals surface area contributed by atoms with E-state index in [1.54, 1.807) is 0 Å². The molecule has 2 saturated heterocycles. The van der Waals surface area contributed by atoms with E-state index in [0.717, 1.165) is 12.0 Å². The highest BCUT2D eigenvalue weighted by Crippen LogP contribution is 2.43. The third kappa shape index (κ3) is 2.39. The van der Waals surface area contributed by atoms with E-state index in [4.69, 9.17) is 0 Å². The molecule has 2 nitrogen and oxygen atoms in total. The summed E-state index contributed by atoms with van der Waals surface area (Å²) in [5.41, 5.74) is 0.466. The summed E-state index contributed by atoms with van der Waals surface area (Å²) in [6, 6.07) is 0.865. The summed E-state index contributed by atoms with van der Waals surface area (Å²) >= 11 is 0. The lowest BCUT2D eigenvalue weighted by molar-refractivity contribution is 0.0702. The van der Waals surface area contributed by atoms with Gasteiger partial charge >= 0.3 is 0 Å². The van der Waals surface area contributed by atoms with E-state index in [1.807, 2.05) is 0 Å². The Kier molecular flexibility index (Phi) is 3.20. The fourth-order valence-electron chi connectivity index (χ4n) is 3.94. The van der Waals surface area contributed by atoms with Crippen LogP contribution in [0.2, 0.25) is 0 Å². The fourth-order valence-corrected chi connectivity index (χ4v) is 3.94. The molecule has 1 atom stereocenters.